The van der Waals surface area contributed by atoms with E-state index < -0.39 is 11.8 Å². The molecule has 1 aromatic heterocycles. The van der Waals surface area contributed by atoms with Gasteiger partial charge in [0.25, 0.3) is 0 Å². The molecule has 0 saturated carbocycles. The highest BCUT2D eigenvalue weighted by Gasteiger charge is 2.26. The Hall–Kier alpha value is -1.95. The van der Waals surface area contributed by atoms with Crippen LogP contribution >= 0.6 is 27.3 Å². The SMILES string of the molecule is N#CC(C#N)C(CC(=O)c1cccs1)c1ccc(Br)cc1. The zero-order chi connectivity index (χ0) is 15.2. The normalized spacial score (nSPS) is 11.6. The van der Waals surface area contributed by atoms with E-state index in [2.05, 4.69) is 15.9 Å². The predicted octanol–water partition coefficient (Wildman–Crippen LogP) is 4.53. The lowest BCUT2D eigenvalue weighted by atomic mass is 9.83. The Morgan fingerprint density at radius 2 is 1.86 bits per heavy atom. The molecule has 0 bridgehead atoms. The number of carbonyl (C=O) groups excluding carboxylic acids is 1. The molecule has 3 nitrogen and oxygen atoms in total. The standard InChI is InChI=1S/C16H11BrN2OS/c17-13-5-3-11(4-6-13)14(12(9-18)10-19)8-15(20)16-2-1-7-21-16/h1-7,12,14H,8H2. The van der Waals surface area contributed by atoms with Gasteiger partial charge in [-0.25, -0.2) is 0 Å². The van der Waals surface area contributed by atoms with Gasteiger partial charge in [-0.3, -0.25) is 4.79 Å². The fourth-order valence-electron chi connectivity index (χ4n) is 2.08. The fraction of sp³-hybridized carbons (Fsp3) is 0.188. The number of rotatable bonds is 5. The number of hydrogen-bond acceptors (Lipinski definition) is 4. The molecule has 1 atom stereocenters. The van der Waals surface area contributed by atoms with Crippen molar-refractivity contribution < 1.29 is 4.79 Å². The van der Waals surface area contributed by atoms with Gasteiger partial charge in [-0.05, 0) is 29.1 Å². The Bertz CT molecular complexity index is 681. The molecule has 0 saturated heterocycles. The van der Waals surface area contributed by atoms with Crippen LogP contribution < -0.4 is 0 Å². The van der Waals surface area contributed by atoms with E-state index in [0.717, 1.165) is 10.0 Å². The molecule has 1 aromatic carbocycles. The van der Waals surface area contributed by atoms with Gasteiger partial charge in [0.2, 0.25) is 0 Å². The van der Waals surface area contributed by atoms with Gasteiger partial charge in [0.05, 0.1) is 17.0 Å². The zero-order valence-corrected chi connectivity index (χ0v) is 13.4. The van der Waals surface area contributed by atoms with Crippen molar-refractivity contribution in [2.45, 2.75) is 12.3 Å². The van der Waals surface area contributed by atoms with Gasteiger partial charge in [0.15, 0.2) is 5.78 Å². The Labute approximate surface area is 135 Å². The van der Waals surface area contributed by atoms with E-state index in [4.69, 9.17) is 10.5 Å². The first-order chi connectivity index (χ1) is 10.2. The highest BCUT2D eigenvalue weighted by atomic mass is 79.9. The number of hydrogen-bond donors (Lipinski definition) is 0. The second-order valence-electron chi connectivity index (χ2n) is 4.50. The van der Waals surface area contributed by atoms with E-state index in [-0.39, 0.29) is 12.2 Å². The molecular formula is C16H11BrN2OS. The first-order valence-corrected chi connectivity index (χ1v) is 7.94. The van der Waals surface area contributed by atoms with Gasteiger partial charge in [-0.15, -0.1) is 11.3 Å². The summed E-state index contributed by atoms with van der Waals surface area (Å²) < 4.78 is 0.917. The minimum Gasteiger partial charge on any atom is -0.293 e. The van der Waals surface area contributed by atoms with Crippen LogP contribution in [0, 0.1) is 28.6 Å². The van der Waals surface area contributed by atoms with Gasteiger partial charge in [0, 0.05) is 16.8 Å². The third-order valence-corrected chi connectivity index (χ3v) is 4.62. The number of Topliss-reactive ketones (excluding diaryl/α,β-unsaturated/α-hetero) is 1. The number of halogens is 1. The van der Waals surface area contributed by atoms with Gasteiger partial charge >= 0.3 is 0 Å². The van der Waals surface area contributed by atoms with E-state index >= 15 is 0 Å². The van der Waals surface area contributed by atoms with Gasteiger partial charge < -0.3 is 0 Å². The van der Waals surface area contributed by atoms with Crippen LogP contribution in [0.15, 0.2) is 46.3 Å². The quantitative estimate of drug-likeness (QED) is 0.737. The highest BCUT2D eigenvalue weighted by Crippen LogP contribution is 2.30. The van der Waals surface area contributed by atoms with Crippen molar-refractivity contribution in [3.63, 3.8) is 0 Å². The van der Waals surface area contributed by atoms with Crippen LogP contribution in [0.5, 0.6) is 0 Å². The van der Waals surface area contributed by atoms with Crippen LogP contribution in [0.2, 0.25) is 0 Å². The molecule has 0 N–H and O–H groups in total. The number of thiophene rings is 1. The van der Waals surface area contributed by atoms with E-state index in [0.29, 0.717) is 4.88 Å². The van der Waals surface area contributed by atoms with Crippen LogP contribution in [0.25, 0.3) is 0 Å². The molecule has 0 radical (unpaired) electrons. The maximum atomic E-state index is 12.3. The van der Waals surface area contributed by atoms with Crippen LogP contribution in [0.3, 0.4) is 0 Å². The molecule has 2 aromatic rings. The van der Waals surface area contributed by atoms with Crippen molar-refractivity contribution in [1.82, 2.24) is 0 Å². The van der Waals surface area contributed by atoms with Gasteiger partial charge in [-0.1, -0.05) is 34.1 Å². The summed E-state index contributed by atoms with van der Waals surface area (Å²) in [7, 11) is 0. The molecule has 0 aliphatic heterocycles. The van der Waals surface area contributed by atoms with Crippen molar-refractivity contribution >= 4 is 33.0 Å². The third-order valence-electron chi connectivity index (χ3n) is 3.18. The summed E-state index contributed by atoms with van der Waals surface area (Å²) >= 11 is 4.73. The average Bonchev–Trinajstić information content (AvgIpc) is 3.02. The largest absolute Gasteiger partial charge is 0.293 e. The monoisotopic (exact) mass is 358 g/mol. The second-order valence-corrected chi connectivity index (χ2v) is 6.36. The summed E-state index contributed by atoms with van der Waals surface area (Å²) in [5.41, 5.74) is 0.830. The Morgan fingerprint density at radius 1 is 1.19 bits per heavy atom. The third kappa shape index (κ3) is 3.78. The summed E-state index contributed by atoms with van der Waals surface area (Å²) in [6.07, 6.45) is 0.161. The molecule has 1 heterocycles. The van der Waals surface area contributed by atoms with Crippen molar-refractivity contribution in [1.29, 1.82) is 10.5 Å². The molecular weight excluding hydrogens is 348 g/mol. The molecule has 1 unspecified atom stereocenters. The molecule has 0 aliphatic rings. The van der Waals surface area contributed by atoms with Crippen molar-refractivity contribution in [3.8, 4) is 12.1 Å². The number of ketones is 1. The first kappa shape index (κ1) is 15.4. The topological polar surface area (TPSA) is 64.7 Å². The highest BCUT2D eigenvalue weighted by molar-refractivity contribution is 9.10. The summed E-state index contributed by atoms with van der Waals surface area (Å²) in [5.74, 6) is -1.29. The van der Waals surface area contributed by atoms with Crippen molar-refractivity contribution in [2.75, 3.05) is 0 Å². The first-order valence-electron chi connectivity index (χ1n) is 6.27. The average molecular weight is 359 g/mol. The van der Waals surface area contributed by atoms with Crippen LogP contribution in [-0.2, 0) is 0 Å². The lowest BCUT2D eigenvalue weighted by molar-refractivity contribution is 0.0975. The minimum absolute atomic E-state index is 0.0339. The summed E-state index contributed by atoms with van der Waals surface area (Å²) in [5, 5.41) is 20.2. The van der Waals surface area contributed by atoms with Crippen LogP contribution in [0.4, 0.5) is 0 Å². The molecule has 21 heavy (non-hydrogen) atoms. The lowest BCUT2D eigenvalue weighted by Gasteiger charge is -2.17. The molecule has 0 amide bonds. The van der Waals surface area contributed by atoms with E-state index in [1.807, 2.05) is 47.9 Å². The number of nitrogens with zero attached hydrogens (tertiary/aromatic N) is 2. The number of carbonyl (C=O) groups is 1. The Balaban J connectivity index is 2.29. The Morgan fingerprint density at radius 3 is 2.38 bits per heavy atom. The lowest BCUT2D eigenvalue weighted by Crippen LogP contribution is -2.14. The predicted molar refractivity (Wildman–Crippen MR) is 84.9 cm³/mol. The van der Waals surface area contributed by atoms with E-state index in [1.165, 1.54) is 11.3 Å². The zero-order valence-electron chi connectivity index (χ0n) is 11.0. The molecule has 0 spiro atoms. The maximum absolute atomic E-state index is 12.3. The summed E-state index contributed by atoms with van der Waals surface area (Å²) in [6.45, 7) is 0. The maximum Gasteiger partial charge on any atom is 0.173 e. The van der Waals surface area contributed by atoms with Crippen LogP contribution in [-0.4, -0.2) is 5.78 Å². The molecule has 0 aliphatic carbocycles. The summed E-state index contributed by atoms with van der Waals surface area (Å²) in [4.78, 5) is 12.9. The molecule has 0 fully saturated rings. The van der Waals surface area contributed by atoms with Crippen molar-refractivity contribution in [2.24, 2.45) is 5.92 Å². The van der Waals surface area contributed by atoms with Gasteiger partial charge in [-0.2, -0.15) is 10.5 Å². The molecule has 2 rings (SSSR count). The Kier molecular flexibility index (Phi) is 5.27. The van der Waals surface area contributed by atoms with Crippen molar-refractivity contribution in [3.05, 3.63) is 56.7 Å². The van der Waals surface area contributed by atoms with Crippen LogP contribution in [0.1, 0.15) is 27.6 Å². The van der Waals surface area contributed by atoms with E-state index in [9.17, 15) is 4.79 Å². The fourth-order valence-corrected chi connectivity index (χ4v) is 3.02. The number of benzene rings is 1. The van der Waals surface area contributed by atoms with E-state index in [1.54, 1.807) is 6.07 Å². The van der Waals surface area contributed by atoms with Gasteiger partial charge in [0.1, 0.15) is 5.92 Å². The second kappa shape index (κ2) is 7.17. The molecule has 5 heteroatoms. The number of nitriles is 2. The smallest absolute Gasteiger partial charge is 0.173 e. The summed E-state index contributed by atoms with van der Waals surface area (Å²) in [6, 6.07) is 15.0. The minimum atomic E-state index is -0.838. The molecule has 104 valence electrons.